The van der Waals surface area contributed by atoms with Crippen LogP contribution >= 0.6 is 23.4 Å². The fourth-order valence-corrected chi connectivity index (χ4v) is 3.89. The zero-order valence-corrected chi connectivity index (χ0v) is 14.1. The molecule has 3 rings (SSSR count). The van der Waals surface area contributed by atoms with E-state index in [4.69, 9.17) is 16.6 Å². The second kappa shape index (κ2) is 6.55. The minimum Gasteiger partial charge on any atom is -0.310 e. The highest BCUT2D eigenvalue weighted by Gasteiger charge is 2.18. The lowest BCUT2D eigenvalue weighted by Gasteiger charge is -2.26. The van der Waals surface area contributed by atoms with Gasteiger partial charge in [0.2, 0.25) is 0 Å². The molecule has 0 aromatic carbocycles. The second-order valence-electron chi connectivity index (χ2n) is 5.49. The summed E-state index contributed by atoms with van der Waals surface area (Å²) in [5.74, 6) is 3.40. The molecule has 21 heavy (non-hydrogen) atoms. The van der Waals surface area contributed by atoms with Crippen molar-refractivity contribution in [1.82, 2.24) is 19.4 Å². The lowest BCUT2D eigenvalue weighted by molar-refractivity contribution is 0.289. The predicted molar refractivity (Wildman–Crippen MR) is 90.3 cm³/mol. The highest BCUT2D eigenvalue weighted by molar-refractivity contribution is 7.99. The van der Waals surface area contributed by atoms with Crippen molar-refractivity contribution in [3.8, 4) is 0 Å². The number of thioether (sulfide) groups is 1. The molecule has 0 spiro atoms. The maximum absolute atomic E-state index is 6.33. The maximum Gasteiger partial charge on any atom is 0.160 e. The summed E-state index contributed by atoms with van der Waals surface area (Å²) < 4.78 is 2.20. The van der Waals surface area contributed by atoms with E-state index in [0.29, 0.717) is 0 Å². The third-order valence-corrected chi connectivity index (χ3v) is 5.10. The molecule has 0 amide bonds. The van der Waals surface area contributed by atoms with E-state index >= 15 is 0 Å². The van der Waals surface area contributed by atoms with Crippen LogP contribution in [-0.4, -0.2) is 50.6 Å². The fourth-order valence-electron chi connectivity index (χ4n) is 2.75. The molecule has 6 heteroatoms. The van der Waals surface area contributed by atoms with E-state index in [0.717, 1.165) is 35.6 Å². The van der Waals surface area contributed by atoms with E-state index < -0.39 is 0 Å². The molecule has 1 fully saturated rings. The molecule has 1 unspecified atom stereocenters. The quantitative estimate of drug-likeness (QED) is 0.809. The Kier molecular flexibility index (Phi) is 4.72. The first-order valence-electron chi connectivity index (χ1n) is 7.42. The summed E-state index contributed by atoms with van der Waals surface area (Å²) in [6.07, 6.45) is 1.86. The number of pyridine rings is 1. The molecule has 1 saturated heterocycles. The SMILES string of the molecule is Cc1ccnc2c1nc(C(C)Cl)n2CCN1CCSCC1. The predicted octanol–water partition coefficient (Wildman–Crippen LogP) is 3.09. The standard InChI is InChI=1S/C15H21ClN4S/c1-11-3-4-17-15-13(11)18-14(12(2)16)20(15)6-5-19-7-9-21-10-8-19/h3-4,12H,5-10H2,1-2H3. The summed E-state index contributed by atoms with van der Waals surface area (Å²) in [6, 6.07) is 2.00. The molecule has 0 radical (unpaired) electrons. The topological polar surface area (TPSA) is 34.0 Å². The van der Waals surface area contributed by atoms with Crippen LogP contribution in [0.4, 0.5) is 0 Å². The van der Waals surface area contributed by atoms with Gasteiger partial charge in [-0.25, -0.2) is 9.97 Å². The lowest BCUT2D eigenvalue weighted by atomic mass is 10.3. The number of imidazole rings is 1. The van der Waals surface area contributed by atoms with Crippen molar-refractivity contribution < 1.29 is 0 Å². The summed E-state index contributed by atoms with van der Waals surface area (Å²) in [7, 11) is 0. The smallest absolute Gasteiger partial charge is 0.160 e. The third kappa shape index (κ3) is 3.20. The van der Waals surface area contributed by atoms with Crippen molar-refractivity contribution >= 4 is 34.5 Å². The molecule has 3 heterocycles. The van der Waals surface area contributed by atoms with Gasteiger partial charge in [0.1, 0.15) is 11.3 Å². The Bertz CT molecular complexity index is 619. The third-order valence-electron chi connectivity index (χ3n) is 3.96. The van der Waals surface area contributed by atoms with Crippen LogP contribution in [0, 0.1) is 6.92 Å². The molecule has 1 aliphatic rings. The van der Waals surface area contributed by atoms with Gasteiger partial charge in [-0.2, -0.15) is 11.8 Å². The van der Waals surface area contributed by atoms with Gasteiger partial charge >= 0.3 is 0 Å². The van der Waals surface area contributed by atoms with Crippen molar-refractivity contribution in [2.45, 2.75) is 25.8 Å². The molecule has 1 aliphatic heterocycles. The van der Waals surface area contributed by atoms with Crippen LogP contribution in [0.25, 0.3) is 11.2 Å². The normalized spacial score (nSPS) is 18.2. The first-order chi connectivity index (χ1) is 10.2. The van der Waals surface area contributed by atoms with Crippen molar-refractivity contribution in [2.24, 2.45) is 0 Å². The summed E-state index contributed by atoms with van der Waals surface area (Å²) in [5.41, 5.74) is 3.10. The van der Waals surface area contributed by atoms with Gasteiger partial charge in [-0.3, -0.25) is 4.90 Å². The van der Waals surface area contributed by atoms with Crippen molar-refractivity contribution in [1.29, 1.82) is 0 Å². The Hall–Kier alpha value is -0.780. The molecular weight excluding hydrogens is 304 g/mol. The van der Waals surface area contributed by atoms with E-state index in [1.165, 1.54) is 24.6 Å². The molecular formula is C15H21ClN4S. The van der Waals surface area contributed by atoms with Gasteiger partial charge in [0, 0.05) is 43.9 Å². The van der Waals surface area contributed by atoms with Crippen LogP contribution in [0.5, 0.6) is 0 Å². The molecule has 0 N–H and O–H groups in total. The zero-order chi connectivity index (χ0) is 14.8. The first-order valence-corrected chi connectivity index (χ1v) is 9.02. The number of hydrogen-bond donors (Lipinski definition) is 0. The van der Waals surface area contributed by atoms with Crippen LogP contribution in [0.2, 0.25) is 0 Å². The van der Waals surface area contributed by atoms with Crippen LogP contribution in [0.1, 0.15) is 23.7 Å². The Morgan fingerprint density at radius 1 is 1.33 bits per heavy atom. The summed E-state index contributed by atoms with van der Waals surface area (Å²) in [6.45, 7) is 8.35. The Morgan fingerprint density at radius 3 is 2.81 bits per heavy atom. The monoisotopic (exact) mass is 324 g/mol. The van der Waals surface area contributed by atoms with E-state index in [-0.39, 0.29) is 5.38 Å². The molecule has 2 aromatic heterocycles. The largest absolute Gasteiger partial charge is 0.310 e. The van der Waals surface area contributed by atoms with Crippen molar-refractivity contribution in [3.05, 3.63) is 23.7 Å². The summed E-state index contributed by atoms with van der Waals surface area (Å²) >= 11 is 8.37. The number of hydrogen-bond acceptors (Lipinski definition) is 4. The van der Waals surface area contributed by atoms with Crippen LogP contribution in [0.3, 0.4) is 0 Å². The van der Waals surface area contributed by atoms with E-state index in [1.807, 2.05) is 30.9 Å². The summed E-state index contributed by atoms with van der Waals surface area (Å²) in [5, 5.41) is -0.101. The van der Waals surface area contributed by atoms with Gasteiger partial charge in [-0.05, 0) is 25.5 Å². The van der Waals surface area contributed by atoms with Crippen LogP contribution in [-0.2, 0) is 6.54 Å². The number of fused-ring (bicyclic) bond motifs is 1. The molecule has 114 valence electrons. The maximum atomic E-state index is 6.33. The molecule has 4 nitrogen and oxygen atoms in total. The number of aromatic nitrogens is 3. The number of alkyl halides is 1. The fraction of sp³-hybridized carbons (Fsp3) is 0.600. The Morgan fingerprint density at radius 2 is 2.10 bits per heavy atom. The van der Waals surface area contributed by atoms with Gasteiger partial charge in [-0.15, -0.1) is 11.6 Å². The lowest BCUT2D eigenvalue weighted by Crippen LogP contribution is -2.35. The minimum absolute atomic E-state index is 0.101. The first kappa shape index (κ1) is 15.1. The van der Waals surface area contributed by atoms with Gasteiger partial charge in [0.05, 0.1) is 5.38 Å². The number of rotatable bonds is 4. The van der Waals surface area contributed by atoms with E-state index in [9.17, 15) is 0 Å². The van der Waals surface area contributed by atoms with E-state index in [1.54, 1.807) is 0 Å². The minimum atomic E-state index is -0.101. The van der Waals surface area contributed by atoms with E-state index in [2.05, 4.69) is 21.4 Å². The van der Waals surface area contributed by atoms with Crippen LogP contribution in [0.15, 0.2) is 12.3 Å². The molecule has 0 saturated carbocycles. The van der Waals surface area contributed by atoms with Crippen molar-refractivity contribution in [2.75, 3.05) is 31.1 Å². The van der Waals surface area contributed by atoms with Gasteiger partial charge in [0.15, 0.2) is 5.65 Å². The Labute approximate surface area is 134 Å². The van der Waals surface area contributed by atoms with Crippen LogP contribution < -0.4 is 0 Å². The average Bonchev–Trinajstić information content (AvgIpc) is 2.87. The van der Waals surface area contributed by atoms with Gasteiger partial charge < -0.3 is 4.57 Å². The Balaban J connectivity index is 1.88. The number of halogens is 1. The van der Waals surface area contributed by atoms with Gasteiger partial charge in [-0.1, -0.05) is 0 Å². The van der Waals surface area contributed by atoms with Crippen molar-refractivity contribution in [3.63, 3.8) is 0 Å². The highest BCUT2D eigenvalue weighted by Crippen LogP contribution is 2.25. The summed E-state index contributed by atoms with van der Waals surface area (Å²) in [4.78, 5) is 11.8. The second-order valence-corrected chi connectivity index (χ2v) is 7.37. The average molecular weight is 325 g/mol. The molecule has 0 bridgehead atoms. The highest BCUT2D eigenvalue weighted by atomic mass is 35.5. The zero-order valence-electron chi connectivity index (χ0n) is 12.5. The number of aryl methyl sites for hydroxylation is 1. The van der Waals surface area contributed by atoms with Gasteiger partial charge in [0.25, 0.3) is 0 Å². The molecule has 1 atom stereocenters. The molecule has 2 aromatic rings. The molecule has 0 aliphatic carbocycles. The number of nitrogens with zero attached hydrogens (tertiary/aromatic N) is 4.